The molecule has 5 nitrogen and oxygen atoms in total. The molecule has 0 unspecified atom stereocenters. The summed E-state index contributed by atoms with van der Waals surface area (Å²) in [6, 6.07) is 10.9. The molecule has 1 N–H and O–H groups in total. The number of carbonyl (C=O) groups excluding carboxylic acids is 1. The number of hydrogen-bond donors (Lipinski definition) is 1. The van der Waals surface area contributed by atoms with Gasteiger partial charge in [0.05, 0.1) is 27.0 Å². The van der Waals surface area contributed by atoms with E-state index in [1.54, 1.807) is 24.3 Å². The summed E-state index contributed by atoms with van der Waals surface area (Å²) in [5.41, 5.74) is 0.632. The molecule has 0 radical (unpaired) electrons. The molecule has 0 saturated heterocycles. The molecule has 24 heavy (non-hydrogen) atoms. The Hall–Kier alpha value is -1.47. The Morgan fingerprint density at radius 2 is 1.71 bits per heavy atom. The standard InChI is InChI=1S/C15H13Cl3N2O3S/c1-24(22,23)20(14-5-3-2-4-12(14)17)9-15(21)19-10-6-7-11(16)13(18)8-10/h2-8H,9H2,1H3,(H,19,21). The van der Waals surface area contributed by atoms with Crippen molar-refractivity contribution in [3.8, 4) is 0 Å². The molecule has 9 heteroatoms. The van der Waals surface area contributed by atoms with Gasteiger partial charge in [0.1, 0.15) is 6.54 Å². The van der Waals surface area contributed by atoms with Crippen LogP contribution in [0.15, 0.2) is 42.5 Å². The lowest BCUT2D eigenvalue weighted by atomic mass is 10.3. The van der Waals surface area contributed by atoms with Gasteiger partial charge < -0.3 is 5.32 Å². The third kappa shape index (κ3) is 4.77. The number of para-hydroxylation sites is 1. The number of hydrogen-bond acceptors (Lipinski definition) is 3. The normalized spacial score (nSPS) is 11.2. The highest BCUT2D eigenvalue weighted by Crippen LogP contribution is 2.28. The average Bonchev–Trinajstić information content (AvgIpc) is 2.48. The Bertz CT molecular complexity index is 872. The van der Waals surface area contributed by atoms with Gasteiger partial charge in [-0.1, -0.05) is 46.9 Å². The maximum atomic E-state index is 12.2. The Morgan fingerprint density at radius 3 is 2.29 bits per heavy atom. The number of rotatable bonds is 5. The third-order valence-electron chi connectivity index (χ3n) is 3.01. The van der Waals surface area contributed by atoms with Gasteiger partial charge >= 0.3 is 0 Å². The van der Waals surface area contributed by atoms with Crippen LogP contribution in [0.4, 0.5) is 11.4 Å². The smallest absolute Gasteiger partial charge is 0.245 e. The van der Waals surface area contributed by atoms with E-state index < -0.39 is 22.5 Å². The van der Waals surface area contributed by atoms with Crippen LogP contribution in [-0.2, 0) is 14.8 Å². The quantitative estimate of drug-likeness (QED) is 0.813. The van der Waals surface area contributed by atoms with Crippen LogP contribution in [0.5, 0.6) is 0 Å². The number of anilines is 2. The first-order chi connectivity index (χ1) is 11.2. The summed E-state index contributed by atoms with van der Waals surface area (Å²) < 4.78 is 25.0. The maximum Gasteiger partial charge on any atom is 0.245 e. The third-order valence-corrected chi connectivity index (χ3v) is 5.20. The Kier molecular flexibility index (Phi) is 5.98. The molecular formula is C15H13Cl3N2O3S. The lowest BCUT2D eigenvalue weighted by Gasteiger charge is -2.22. The minimum Gasteiger partial charge on any atom is -0.324 e. The molecular weight excluding hydrogens is 395 g/mol. The summed E-state index contributed by atoms with van der Waals surface area (Å²) in [6.07, 6.45) is 1.00. The first-order valence-electron chi connectivity index (χ1n) is 6.65. The highest BCUT2D eigenvalue weighted by molar-refractivity contribution is 7.92. The van der Waals surface area contributed by atoms with Crippen molar-refractivity contribution in [2.45, 2.75) is 0 Å². The van der Waals surface area contributed by atoms with Gasteiger partial charge in [-0.15, -0.1) is 0 Å². The number of nitrogens with zero attached hydrogens (tertiary/aromatic N) is 1. The molecule has 0 spiro atoms. The van der Waals surface area contributed by atoms with E-state index in [4.69, 9.17) is 34.8 Å². The minimum atomic E-state index is -3.70. The van der Waals surface area contributed by atoms with E-state index in [2.05, 4.69) is 5.32 Å². The van der Waals surface area contributed by atoms with Crippen LogP contribution in [-0.4, -0.2) is 27.1 Å². The predicted octanol–water partition coefficient (Wildman–Crippen LogP) is 4.05. The molecule has 0 aromatic heterocycles. The molecule has 0 atom stereocenters. The average molecular weight is 408 g/mol. The number of sulfonamides is 1. The van der Waals surface area contributed by atoms with Crippen molar-refractivity contribution in [3.05, 3.63) is 57.5 Å². The topological polar surface area (TPSA) is 66.5 Å². The first kappa shape index (κ1) is 18.9. The van der Waals surface area contributed by atoms with Crippen molar-refractivity contribution >= 4 is 62.1 Å². The first-order valence-corrected chi connectivity index (χ1v) is 9.64. The summed E-state index contributed by atoms with van der Waals surface area (Å²) in [5.74, 6) is -0.543. The fourth-order valence-corrected chi connectivity index (χ4v) is 3.39. The van der Waals surface area contributed by atoms with Crippen LogP contribution in [0.3, 0.4) is 0 Å². The lowest BCUT2D eigenvalue weighted by molar-refractivity contribution is -0.114. The molecule has 2 aromatic rings. The second-order valence-corrected chi connectivity index (χ2v) is 8.03. The number of nitrogens with one attached hydrogen (secondary N) is 1. The van der Waals surface area contributed by atoms with Gasteiger partial charge in [-0.25, -0.2) is 8.42 Å². The van der Waals surface area contributed by atoms with Crippen LogP contribution in [0, 0.1) is 0 Å². The molecule has 0 aliphatic rings. The van der Waals surface area contributed by atoms with Crippen molar-refractivity contribution in [1.82, 2.24) is 0 Å². The monoisotopic (exact) mass is 406 g/mol. The van der Waals surface area contributed by atoms with E-state index in [1.165, 1.54) is 18.2 Å². The van der Waals surface area contributed by atoms with E-state index in [0.29, 0.717) is 10.7 Å². The molecule has 0 aliphatic heterocycles. The zero-order valence-corrected chi connectivity index (χ0v) is 15.5. The van der Waals surface area contributed by atoms with Gasteiger partial charge in [-0.2, -0.15) is 0 Å². The molecule has 0 saturated carbocycles. The van der Waals surface area contributed by atoms with Crippen LogP contribution in [0.1, 0.15) is 0 Å². The summed E-state index contributed by atoms with van der Waals surface area (Å²) in [6.45, 7) is -0.428. The highest BCUT2D eigenvalue weighted by Gasteiger charge is 2.22. The SMILES string of the molecule is CS(=O)(=O)N(CC(=O)Nc1ccc(Cl)c(Cl)c1)c1ccccc1Cl. The molecule has 0 aliphatic carbocycles. The van der Waals surface area contributed by atoms with Gasteiger partial charge in [0.15, 0.2) is 0 Å². The lowest BCUT2D eigenvalue weighted by Crippen LogP contribution is -2.37. The molecule has 2 rings (SSSR count). The fourth-order valence-electron chi connectivity index (χ4n) is 1.94. The summed E-state index contributed by atoms with van der Waals surface area (Å²) in [7, 11) is -3.70. The van der Waals surface area contributed by atoms with Gasteiger partial charge in [0, 0.05) is 5.69 Å². The minimum absolute atomic E-state index is 0.227. The van der Waals surface area contributed by atoms with Crippen LogP contribution >= 0.6 is 34.8 Å². The van der Waals surface area contributed by atoms with Gasteiger partial charge in [0.2, 0.25) is 15.9 Å². The zero-order valence-electron chi connectivity index (χ0n) is 12.5. The highest BCUT2D eigenvalue weighted by atomic mass is 35.5. The molecule has 128 valence electrons. The zero-order chi connectivity index (χ0) is 17.9. The van der Waals surface area contributed by atoms with E-state index in [9.17, 15) is 13.2 Å². The fraction of sp³-hybridized carbons (Fsp3) is 0.133. The van der Waals surface area contributed by atoms with Crippen molar-refractivity contribution in [1.29, 1.82) is 0 Å². The Labute approximate surface area is 155 Å². The van der Waals surface area contributed by atoms with Crippen LogP contribution in [0.25, 0.3) is 0 Å². The molecule has 0 bridgehead atoms. The van der Waals surface area contributed by atoms with E-state index in [0.717, 1.165) is 10.6 Å². The van der Waals surface area contributed by atoms with Crippen LogP contribution < -0.4 is 9.62 Å². The second-order valence-electron chi connectivity index (χ2n) is 4.90. The molecule has 0 heterocycles. The summed E-state index contributed by atoms with van der Waals surface area (Å²) in [4.78, 5) is 12.2. The summed E-state index contributed by atoms with van der Waals surface area (Å²) in [5, 5.41) is 3.43. The van der Waals surface area contributed by atoms with Gasteiger partial charge in [-0.05, 0) is 30.3 Å². The second kappa shape index (κ2) is 7.61. The van der Waals surface area contributed by atoms with E-state index in [1.807, 2.05) is 0 Å². The number of amides is 1. The van der Waals surface area contributed by atoms with E-state index >= 15 is 0 Å². The van der Waals surface area contributed by atoms with Crippen molar-refractivity contribution < 1.29 is 13.2 Å². The Morgan fingerprint density at radius 1 is 1.04 bits per heavy atom. The van der Waals surface area contributed by atoms with Crippen LogP contribution in [0.2, 0.25) is 15.1 Å². The maximum absolute atomic E-state index is 12.2. The largest absolute Gasteiger partial charge is 0.324 e. The van der Waals surface area contributed by atoms with E-state index in [-0.39, 0.29) is 15.7 Å². The molecule has 0 fully saturated rings. The van der Waals surface area contributed by atoms with Crippen molar-refractivity contribution in [2.24, 2.45) is 0 Å². The van der Waals surface area contributed by atoms with Crippen molar-refractivity contribution in [2.75, 3.05) is 22.4 Å². The number of carbonyl (C=O) groups is 1. The molecule has 1 amide bonds. The number of benzene rings is 2. The summed E-state index contributed by atoms with van der Waals surface area (Å²) >= 11 is 17.7. The van der Waals surface area contributed by atoms with Gasteiger partial charge in [0.25, 0.3) is 0 Å². The van der Waals surface area contributed by atoms with Gasteiger partial charge in [-0.3, -0.25) is 9.10 Å². The van der Waals surface area contributed by atoms with Crippen molar-refractivity contribution in [3.63, 3.8) is 0 Å². The number of halogens is 3. The Balaban J connectivity index is 2.22. The predicted molar refractivity (Wildman–Crippen MR) is 98.7 cm³/mol. The molecule has 2 aromatic carbocycles.